The molecule has 0 spiro atoms. The molecule has 0 saturated heterocycles. The molecular formula is C13H15NO2S. The van der Waals surface area contributed by atoms with Crippen LogP contribution in [0.4, 0.5) is 5.69 Å². The van der Waals surface area contributed by atoms with Crippen molar-refractivity contribution in [2.24, 2.45) is 0 Å². The van der Waals surface area contributed by atoms with Crippen molar-refractivity contribution in [1.82, 2.24) is 0 Å². The molecule has 0 aliphatic heterocycles. The molecule has 0 radical (unpaired) electrons. The number of nitrogens with zero attached hydrogens (tertiary/aromatic N) is 1. The van der Waals surface area contributed by atoms with Gasteiger partial charge in [-0.15, -0.1) is 0 Å². The largest absolute Gasteiger partial charge is 0.377 e. The Morgan fingerprint density at radius 3 is 2.35 bits per heavy atom. The van der Waals surface area contributed by atoms with E-state index in [0.29, 0.717) is 4.90 Å². The van der Waals surface area contributed by atoms with Crippen molar-refractivity contribution in [3.05, 3.63) is 36.4 Å². The molecular weight excluding hydrogens is 234 g/mol. The maximum Gasteiger partial charge on any atom is 0.175 e. The summed E-state index contributed by atoms with van der Waals surface area (Å²) in [6, 6.07) is 11.1. The average Bonchev–Trinajstić information content (AvgIpc) is 2.26. The zero-order chi connectivity index (χ0) is 12.6. The second kappa shape index (κ2) is 4.04. The summed E-state index contributed by atoms with van der Waals surface area (Å²) in [7, 11) is 0.802. The summed E-state index contributed by atoms with van der Waals surface area (Å²) in [5, 5.41) is 2.00. The molecule has 0 aromatic heterocycles. The van der Waals surface area contributed by atoms with Crippen molar-refractivity contribution in [1.29, 1.82) is 0 Å². The van der Waals surface area contributed by atoms with Crippen LogP contribution >= 0.6 is 0 Å². The van der Waals surface area contributed by atoms with Crippen LogP contribution in [0.5, 0.6) is 0 Å². The minimum absolute atomic E-state index is 0.362. The molecule has 0 atom stereocenters. The van der Waals surface area contributed by atoms with E-state index in [0.717, 1.165) is 16.5 Å². The SMILES string of the molecule is CN(C)c1cccc2cc(S(C)(=O)=O)ccc12. The van der Waals surface area contributed by atoms with Crippen molar-refractivity contribution < 1.29 is 8.42 Å². The van der Waals surface area contributed by atoms with E-state index in [9.17, 15) is 8.42 Å². The highest BCUT2D eigenvalue weighted by Gasteiger charge is 2.09. The molecule has 0 fully saturated rings. The number of anilines is 1. The van der Waals surface area contributed by atoms with E-state index in [2.05, 4.69) is 0 Å². The number of hydrogen-bond acceptors (Lipinski definition) is 3. The topological polar surface area (TPSA) is 37.4 Å². The second-order valence-corrected chi connectivity index (χ2v) is 6.34. The van der Waals surface area contributed by atoms with E-state index < -0.39 is 9.84 Å². The van der Waals surface area contributed by atoms with Crippen LogP contribution in [-0.2, 0) is 9.84 Å². The molecule has 0 unspecified atom stereocenters. The molecule has 0 N–H and O–H groups in total. The van der Waals surface area contributed by atoms with E-state index in [-0.39, 0.29) is 0 Å². The van der Waals surface area contributed by atoms with E-state index in [4.69, 9.17) is 0 Å². The van der Waals surface area contributed by atoms with Crippen molar-refractivity contribution in [3.8, 4) is 0 Å². The summed E-state index contributed by atoms with van der Waals surface area (Å²) in [6.45, 7) is 0. The van der Waals surface area contributed by atoms with Crippen LogP contribution in [0.2, 0.25) is 0 Å². The third-order valence-corrected chi connectivity index (χ3v) is 3.85. The minimum Gasteiger partial charge on any atom is -0.377 e. The highest BCUT2D eigenvalue weighted by molar-refractivity contribution is 7.90. The minimum atomic E-state index is -3.14. The van der Waals surface area contributed by atoms with Crippen LogP contribution < -0.4 is 4.90 Å². The van der Waals surface area contributed by atoms with Crippen molar-refractivity contribution in [2.75, 3.05) is 25.3 Å². The van der Waals surface area contributed by atoms with Crippen LogP contribution in [-0.4, -0.2) is 28.8 Å². The van der Waals surface area contributed by atoms with Gasteiger partial charge in [-0.1, -0.05) is 18.2 Å². The zero-order valence-corrected chi connectivity index (χ0v) is 11.0. The van der Waals surface area contributed by atoms with Gasteiger partial charge in [-0.3, -0.25) is 0 Å². The molecule has 2 rings (SSSR count). The van der Waals surface area contributed by atoms with Crippen LogP contribution in [0.3, 0.4) is 0 Å². The van der Waals surface area contributed by atoms with E-state index in [1.807, 2.05) is 43.3 Å². The van der Waals surface area contributed by atoms with Crippen LogP contribution in [0.15, 0.2) is 41.3 Å². The quantitative estimate of drug-likeness (QED) is 0.819. The lowest BCUT2D eigenvalue weighted by Gasteiger charge is -2.15. The highest BCUT2D eigenvalue weighted by atomic mass is 32.2. The first kappa shape index (κ1) is 11.9. The van der Waals surface area contributed by atoms with Gasteiger partial charge in [0.2, 0.25) is 0 Å². The first-order valence-corrected chi connectivity index (χ1v) is 7.19. The molecule has 0 heterocycles. The molecule has 0 bridgehead atoms. The Bertz CT molecular complexity index is 660. The van der Waals surface area contributed by atoms with E-state index >= 15 is 0 Å². The maximum atomic E-state index is 11.5. The third kappa shape index (κ3) is 2.26. The molecule has 0 saturated carbocycles. The zero-order valence-electron chi connectivity index (χ0n) is 10.1. The number of benzene rings is 2. The lowest BCUT2D eigenvalue weighted by atomic mass is 10.1. The van der Waals surface area contributed by atoms with Crippen molar-refractivity contribution in [3.63, 3.8) is 0 Å². The number of fused-ring (bicyclic) bond motifs is 1. The second-order valence-electron chi connectivity index (χ2n) is 4.33. The third-order valence-electron chi connectivity index (χ3n) is 2.74. The van der Waals surface area contributed by atoms with Crippen molar-refractivity contribution >= 4 is 26.3 Å². The molecule has 0 amide bonds. The monoisotopic (exact) mass is 249 g/mol. The number of rotatable bonds is 2. The number of hydrogen-bond donors (Lipinski definition) is 0. The smallest absolute Gasteiger partial charge is 0.175 e. The Balaban J connectivity index is 2.74. The van der Waals surface area contributed by atoms with Crippen molar-refractivity contribution in [2.45, 2.75) is 4.90 Å². The number of sulfone groups is 1. The predicted octanol–water partition coefficient (Wildman–Crippen LogP) is 2.31. The first-order chi connectivity index (χ1) is 7.89. The summed E-state index contributed by atoms with van der Waals surface area (Å²) < 4.78 is 23.0. The molecule has 2 aromatic rings. The Hall–Kier alpha value is -1.55. The molecule has 0 aliphatic carbocycles. The van der Waals surface area contributed by atoms with Gasteiger partial charge in [0.1, 0.15) is 0 Å². The molecule has 3 nitrogen and oxygen atoms in total. The highest BCUT2D eigenvalue weighted by Crippen LogP contribution is 2.27. The molecule has 2 aromatic carbocycles. The Morgan fingerprint density at radius 2 is 1.76 bits per heavy atom. The van der Waals surface area contributed by atoms with Gasteiger partial charge >= 0.3 is 0 Å². The fourth-order valence-electron chi connectivity index (χ4n) is 1.87. The summed E-state index contributed by atoms with van der Waals surface area (Å²) >= 11 is 0. The molecule has 17 heavy (non-hydrogen) atoms. The van der Waals surface area contributed by atoms with Crippen LogP contribution in [0.1, 0.15) is 0 Å². The van der Waals surface area contributed by atoms with Crippen LogP contribution in [0.25, 0.3) is 10.8 Å². The van der Waals surface area contributed by atoms with Gasteiger partial charge in [-0.25, -0.2) is 8.42 Å². The summed E-state index contributed by atoms with van der Waals surface area (Å²) in [6.07, 6.45) is 1.23. The van der Waals surface area contributed by atoms with Gasteiger partial charge in [0.05, 0.1) is 4.90 Å². The standard InChI is InChI=1S/C13H15NO2S/c1-14(2)13-6-4-5-10-9-11(17(3,15)16)7-8-12(10)13/h4-9H,1-3H3. The molecule has 90 valence electrons. The fraction of sp³-hybridized carbons (Fsp3) is 0.231. The van der Waals surface area contributed by atoms with Gasteiger partial charge < -0.3 is 4.90 Å². The maximum absolute atomic E-state index is 11.5. The van der Waals surface area contributed by atoms with E-state index in [1.165, 1.54) is 6.26 Å². The first-order valence-electron chi connectivity index (χ1n) is 5.30. The van der Waals surface area contributed by atoms with Crippen LogP contribution in [0, 0.1) is 0 Å². The Labute approximate surface area is 102 Å². The Kier molecular flexibility index (Phi) is 2.83. The molecule has 4 heteroatoms. The predicted molar refractivity (Wildman–Crippen MR) is 71.4 cm³/mol. The fourth-order valence-corrected chi connectivity index (χ4v) is 2.52. The lowest BCUT2D eigenvalue weighted by Crippen LogP contribution is -2.09. The summed E-state index contributed by atoms with van der Waals surface area (Å²) in [4.78, 5) is 2.38. The van der Waals surface area contributed by atoms with Gasteiger partial charge in [0.15, 0.2) is 9.84 Å². The van der Waals surface area contributed by atoms with Gasteiger partial charge in [0, 0.05) is 31.4 Å². The Morgan fingerprint density at radius 1 is 1.06 bits per heavy atom. The molecule has 0 aliphatic rings. The van der Waals surface area contributed by atoms with Gasteiger partial charge in [-0.2, -0.15) is 0 Å². The van der Waals surface area contributed by atoms with Gasteiger partial charge in [-0.05, 0) is 23.6 Å². The summed E-state index contributed by atoms with van der Waals surface area (Å²) in [5.74, 6) is 0. The van der Waals surface area contributed by atoms with E-state index in [1.54, 1.807) is 12.1 Å². The summed E-state index contributed by atoms with van der Waals surface area (Å²) in [5.41, 5.74) is 1.09. The average molecular weight is 249 g/mol. The normalized spacial score (nSPS) is 11.7. The van der Waals surface area contributed by atoms with Gasteiger partial charge in [0.25, 0.3) is 0 Å². The lowest BCUT2D eigenvalue weighted by molar-refractivity contribution is 0.602.